The predicted octanol–water partition coefficient (Wildman–Crippen LogP) is -3.52. The molecule has 22 heteroatoms. The Morgan fingerprint density at radius 1 is 0.677 bits per heavy atom. The van der Waals surface area contributed by atoms with E-state index in [-0.39, 0.29) is 152 Å². The molecule has 1 heterocycles. The van der Waals surface area contributed by atoms with Crippen LogP contribution in [0, 0.1) is 26.7 Å². The van der Waals surface area contributed by atoms with E-state index in [1.807, 2.05) is 32.9 Å². The van der Waals surface area contributed by atoms with Crippen LogP contribution in [0.15, 0.2) is 121 Å². The molecular weight excluding hydrogens is 873 g/mol. The van der Waals surface area contributed by atoms with Crippen molar-refractivity contribution in [3.63, 3.8) is 0 Å². The van der Waals surface area contributed by atoms with Gasteiger partial charge in [0.05, 0.1) is 11.4 Å². The van der Waals surface area contributed by atoms with Crippen molar-refractivity contribution >= 4 is 66.5 Å². The summed E-state index contributed by atoms with van der Waals surface area (Å²) in [5, 5.41) is 27.0. The minimum atomic E-state index is -4.71. The zero-order valence-corrected chi connectivity index (χ0v) is 45.1. The summed E-state index contributed by atoms with van der Waals surface area (Å²) in [6, 6.07) is 18.3. The molecule has 0 spiro atoms. The number of anilines is 5. The number of hydrogen-bond donors (Lipinski definition) is 3. The minimum Gasteiger partial charge on any atom is -0.745 e. The maximum absolute atomic E-state index is 12.0. The Morgan fingerprint density at radius 3 is 1.85 bits per heavy atom. The number of hydrogen-bond acceptors (Lipinski definition) is 16. The Morgan fingerprint density at radius 2 is 1.27 bits per heavy atom. The molecule has 0 saturated carbocycles. The molecule has 0 fully saturated rings. The van der Waals surface area contributed by atoms with Gasteiger partial charge in [0.1, 0.15) is 20.2 Å². The first-order valence-corrected chi connectivity index (χ1v) is 20.9. The molecule has 0 amide bonds. The van der Waals surface area contributed by atoms with Gasteiger partial charge in [0.15, 0.2) is 0 Å². The molecule has 0 unspecified atom stereocenters. The molecule has 62 heavy (non-hydrogen) atoms. The Kier molecular flexibility index (Phi) is 20.5. The monoisotopic (exact) mass is 908 g/mol. The number of benzene rings is 4. The fourth-order valence-electron chi connectivity index (χ4n) is 6.30. The summed E-state index contributed by atoms with van der Waals surface area (Å²) in [5.41, 5.74) is 6.86. The van der Waals surface area contributed by atoms with E-state index in [9.17, 15) is 25.9 Å². The molecule has 5 aromatic rings. The van der Waals surface area contributed by atoms with E-state index in [1.54, 1.807) is 67.5 Å². The number of aromatic nitrogens is 3. The molecule has 298 valence electrons. The Labute approximate surface area is 449 Å². The van der Waals surface area contributed by atoms with Crippen molar-refractivity contribution in [1.29, 1.82) is 0 Å². The van der Waals surface area contributed by atoms with Crippen LogP contribution in [0.2, 0.25) is 0 Å². The van der Waals surface area contributed by atoms with Crippen LogP contribution in [0.1, 0.15) is 46.7 Å². The van der Waals surface area contributed by atoms with Gasteiger partial charge in [-0.1, -0.05) is 25.8 Å². The standard InChI is InChI=1S/C40H38N10O6S2.4Na/c1-4-18-41-38-44-39(42-28-14-16-34(24(2)19-28)49-47-30-13-12-26-9-7-11-36(33(26)22-30)57(51,52)53)46-40(45-38)43-29-15-17-35(25(3)20-29)50-48-31-21-27-8-5-6-10-32(27)37(23-31)58(54,55)56;;;;/h5-9,11-17,19-21,23H,4,10,18,22H2,1-3H3,(H,51,52,53)(H,54,55,56)(H3,41,42,43,44,45,46);;;;/q-2;4*+1/p-2. The van der Waals surface area contributed by atoms with Crippen LogP contribution >= 0.6 is 0 Å². The maximum Gasteiger partial charge on any atom is 1.00 e. The van der Waals surface area contributed by atoms with Gasteiger partial charge < -0.3 is 25.1 Å². The summed E-state index contributed by atoms with van der Waals surface area (Å²) in [7, 11) is -9.36. The second-order valence-corrected chi connectivity index (χ2v) is 16.1. The summed E-state index contributed by atoms with van der Waals surface area (Å²) in [6.07, 6.45) is 10.1. The molecular formula is C40H36N10Na4O6S2. The minimum absolute atomic E-state index is 0. The number of aryl methyl sites for hydroxylation is 2. The first-order chi connectivity index (χ1) is 27.7. The van der Waals surface area contributed by atoms with Crippen LogP contribution in [0.25, 0.3) is 0 Å². The number of fused-ring (bicyclic) bond motifs is 2. The van der Waals surface area contributed by atoms with Gasteiger partial charge in [-0.05, 0) is 79.6 Å². The second-order valence-electron chi connectivity index (χ2n) is 13.4. The van der Waals surface area contributed by atoms with Crippen LogP contribution < -0.4 is 134 Å². The van der Waals surface area contributed by atoms with Gasteiger partial charge in [0.25, 0.3) is 0 Å². The molecule has 2 aliphatic carbocycles. The Hall–Kier alpha value is -2.47. The van der Waals surface area contributed by atoms with Gasteiger partial charge in [0, 0.05) is 33.4 Å². The zero-order valence-electron chi connectivity index (χ0n) is 35.5. The molecule has 4 aromatic carbocycles. The van der Waals surface area contributed by atoms with E-state index in [4.69, 9.17) is 0 Å². The maximum atomic E-state index is 12.0. The predicted molar refractivity (Wildman–Crippen MR) is 216 cm³/mol. The third kappa shape index (κ3) is 13.8. The van der Waals surface area contributed by atoms with Crippen molar-refractivity contribution < 1.29 is 144 Å². The summed E-state index contributed by atoms with van der Waals surface area (Å²) in [4.78, 5) is 13.1. The quantitative estimate of drug-likeness (QED) is 0.0452. The van der Waals surface area contributed by atoms with Crippen LogP contribution in [0.5, 0.6) is 0 Å². The first-order valence-electron chi connectivity index (χ1n) is 18.1. The molecule has 16 nitrogen and oxygen atoms in total. The summed E-state index contributed by atoms with van der Waals surface area (Å²) in [6.45, 7) is 6.38. The summed E-state index contributed by atoms with van der Waals surface area (Å²) >= 11 is 0. The smallest absolute Gasteiger partial charge is 0.745 e. The van der Waals surface area contributed by atoms with Gasteiger partial charge in [-0.15, -0.1) is 65.4 Å². The molecule has 0 atom stereocenters. The number of allylic oxidation sites excluding steroid dienone is 4. The van der Waals surface area contributed by atoms with Crippen molar-refractivity contribution in [2.75, 3.05) is 22.5 Å². The van der Waals surface area contributed by atoms with Gasteiger partial charge >= 0.3 is 118 Å². The van der Waals surface area contributed by atoms with Crippen molar-refractivity contribution in [1.82, 2.24) is 15.0 Å². The van der Waals surface area contributed by atoms with Crippen molar-refractivity contribution in [2.24, 2.45) is 20.5 Å². The number of nitrogens with one attached hydrogen (secondary N) is 3. The second kappa shape index (κ2) is 23.6. The van der Waals surface area contributed by atoms with E-state index >= 15 is 0 Å². The third-order valence-corrected chi connectivity index (χ3v) is 10.9. The number of rotatable bonds is 13. The number of nitrogens with zero attached hydrogens (tertiary/aromatic N) is 7. The van der Waals surface area contributed by atoms with Crippen molar-refractivity contribution in [3.8, 4) is 0 Å². The van der Waals surface area contributed by atoms with E-state index in [0.29, 0.717) is 69.6 Å². The Bertz CT molecular complexity index is 2790. The summed E-state index contributed by atoms with van der Waals surface area (Å²) in [5.74, 6) is 0.898. The third-order valence-electron chi connectivity index (χ3n) is 9.12. The van der Waals surface area contributed by atoms with E-state index < -0.39 is 20.2 Å². The molecule has 3 N–H and O–H groups in total. The largest absolute Gasteiger partial charge is 1.00 e. The SMILES string of the molecule is CCCNc1nc(Nc2ccc(N=NC3=C[CH-]c4cccc(S(=O)(=O)[O-])c4C3)c(C)c2)nc(Nc2ccc(N=Nc3cc4c(c(S(=O)(=O)[O-])c3)CC=C[CH-]4)c(C)c2)n1.[Na+].[Na+].[Na+].[Na+]. The summed E-state index contributed by atoms with van der Waals surface area (Å²) < 4.78 is 71.4. The molecule has 0 saturated heterocycles. The molecule has 0 bridgehead atoms. The van der Waals surface area contributed by atoms with Gasteiger partial charge in [-0.25, -0.2) is 21.9 Å². The molecule has 1 aromatic heterocycles. The molecule has 2 aliphatic rings. The number of azo groups is 2. The normalized spacial score (nSPS) is 12.8. The average molecular weight is 909 g/mol. The van der Waals surface area contributed by atoms with Gasteiger partial charge in [0.2, 0.25) is 17.8 Å². The van der Waals surface area contributed by atoms with Crippen LogP contribution in [0.3, 0.4) is 0 Å². The molecule has 0 aliphatic heterocycles. The van der Waals surface area contributed by atoms with Crippen molar-refractivity contribution in [2.45, 2.75) is 49.8 Å². The van der Waals surface area contributed by atoms with Crippen LogP contribution in [0.4, 0.5) is 46.3 Å². The van der Waals surface area contributed by atoms with E-state index in [0.717, 1.165) is 17.5 Å². The molecule has 0 radical (unpaired) electrons. The van der Waals surface area contributed by atoms with E-state index in [2.05, 4.69) is 51.4 Å². The average Bonchev–Trinajstić information content (AvgIpc) is 3.18. The topological polar surface area (TPSA) is 239 Å². The van der Waals surface area contributed by atoms with E-state index in [1.165, 1.54) is 18.2 Å². The van der Waals surface area contributed by atoms with Crippen molar-refractivity contribution in [3.05, 3.63) is 137 Å². The fraction of sp³-hybridized carbons (Fsp3) is 0.175. The van der Waals surface area contributed by atoms with Gasteiger partial charge in [-0.3, -0.25) is 0 Å². The Balaban J connectivity index is 0.00000256. The zero-order chi connectivity index (χ0) is 41.0. The van der Waals surface area contributed by atoms with Crippen LogP contribution in [-0.2, 0) is 33.1 Å². The van der Waals surface area contributed by atoms with Crippen LogP contribution in [-0.4, -0.2) is 47.4 Å². The molecule has 7 rings (SSSR count). The first kappa shape index (κ1) is 53.9. The fourth-order valence-corrected chi connectivity index (χ4v) is 7.80. The van der Waals surface area contributed by atoms with Gasteiger partial charge in [-0.2, -0.15) is 36.4 Å².